The van der Waals surface area contributed by atoms with Gasteiger partial charge in [0.05, 0.1) is 12.0 Å². The van der Waals surface area contributed by atoms with Gasteiger partial charge in [0.15, 0.2) is 0 Å². The Morgan fingerprint density at radius 3 is 2.78 bits per heavy atom. The molecule has 1 aromatic heterocycles. The average molecular weight is 320 g/mol. The topological polar surface area (TPSA) is 33.5 Å². The van der Waals surface area contributed by atoms with Gasteiger partial charge in [-0.2, -0.15) is 0 Å². The van der Waals surface area contributed by atoms with Gasteiger partial charge < -0.3 is 14.2 Å². The van der Waals surface area contributed by atoms with E-state index in [0.29, 0.717) is 6.04 Å². The molecule has 0 aromatic carbocycles. The van der Waals surface area contributed by atoms with Crippen molar-refractivity contribution in [1.82, 2.24) is 19.4 Å². The van der Waals surface area contributed by atoms with Crippen LogP contribution in [0.3, 0.4) is 0 Å². The normalized spacial score (nSPS) is 23.3. The van der Waals surface area contributed by atoms with Crippen molar-refractivity contribution in [1.29, 1.82) is 0 Å². The number of aromatic nitrogens is 2. The van der Waals surface area contributed by atoms with Crippen molar-refractivity contribution in [2.45, 2.75) is 45.7 Å². The lowest BCUT2D eigenvalue weighted by atomic mass is 9.98. The van der Waals surface area contributed by atoms with Crippen molar-refractivity contribution in [2.24, 2.45) is 5.92 Å². The van der Waals surface area contributed by atoms with Crippen molar-refractivity contribution in [3.05, 3.63) is 18.2 Å². The molecular formula is C18H32N4O. The van der Waals surface area contributed by atoms with Crippen LogP contribution in [0, 0.1) is 5.92 Å². The third kappa shape index (κ3) is 4.34. The van der Waals surface area contributed by atoms with Gasteiger partial charge >= 0.3 is 0 Å². The number of fused-ring (bicyclic) bond motifs is 1. The second kappa shape index (κ2) is 8.27. The second-order valence-electron chi connectivity index (χ2n) is 7.01. The van der Waals surface area contributed by atoms with E-state index < -0.39 is 0 Å². The summed E-state index contributed by atoms with van der Waals surface area (Å²) in [6.07, 6.45) is 7.75. The molecule has 1 aromatic rings. The van der Waals surface area contributed by atoms with E-state index in [1.54, 1.807) is 0 Å². The molecule has 0 radical (unpaired) electrons. The number of nitrogens with zero attached hydrogens (tertiary/aromatic N) is 4. The third-order valence-corrected chi connectivity index (χ3v) is 5.52. The Morgan fingerprint density at radius 2 is 2.04 bits per heavy atom. The summed E-state index contributed by atoms with van der Waals surface area (Å²) in [5.74, 6) is 0.807. The van der Waals surface area contributed by atoms with Crippen molar-refractivity contribution in [3.63, 3.8) is 0 Å². The maximum Gasteiger partial charge on any atom is 0.0951 e. The molecule has 1 saturated heterocycles. The summed E-state index contributed by atoms with van der Waals surface area (Å²) < 4.78 is 7.93. The van der Waals surface area contributed by atoms with Gasteiger partial charge in [0.2, 0.25) is 0 Å². The predicted octanol–water partition coefficient (Wildman–Crippen LogP) is 2.40. The molecule has 0 amide bonds. The minimum Gasteiger partial charge on any atom is -0.381 e. The van der Waals surface area contributed by atoms with Crippen molar-refractivity contribution < 1.29 is 4.74 Å². The number of rotatable bonds is 7. The molecule has 3 heterocycles. The Morgan fingerprint density at radius 1 is 1.26 bits per heavy atom. The SMILES string of the molecule is CCN(CC)CC[C@@H]1CN(CC2CCOCC2)Cc2cncn21. The van der Waals surface area contributed by atoms with Crippen LogP contribution >= 0.6 is 0 Å². The lowest BCUT2D eigenvalue weighted by Gasteiger charge is -2.37. The first-order chi connectivity index (χ1) is 11.3. The van der Waals surface area contributed by atoms with Crippen LogP contribution in [0.4, 0.5) is 0 Å². The standard InChI is InChI=1S/C18H32N4O/c1-3-20(4-2)8-5-17-13-21(12-16-6-9-23-10-7-16)14-18-11-19-15-22(17)18/h11,15-17H,3-10,12-14H2,1-2H3/t17-/m1/s1. The molecule has 3 rings (SSSR count). The first-order valence-electron chi connectivity index (χ1n) is 9.33. The number of hydrogen-bond acceptors (Lipinski definition) is 4. The summed E-state index contributed by atoms with van der Waals surface area (Å²) >= 11 is 0. The van der Waals surface area contributed by atoms with Gasteiger partial charge in [-0.15, -0.1) is 0 Å². The van der Waals surface area contributed by atoms with Crippen molar-refractivity contribution in [2.75, 3.05) is 45.9 Å². The Bertz CT molecular complexity index is 465. The molecule has 0 saturated carbocycles. The van der Waals surface area contributed by atoms with Gasteiger partial charge in [-0.25, -0.2) is 4.98 Å². The van der Waals surface area contributed by atoms with Gasteiger partial charge in [0.1, 0.15) is 0 Å². The molecule has 0 unspecified atom stereocenters. The quantitative estimate of drug-likeness (QED) is 0.772. The predicted molar refractivity (Wildman–Crippen MR) is 92.5 cm³/mol. The van der Waals surface area contributed by atoms with Gasteiger partial charge in [0, 0.05) is 51.6 Å². The highest BCUT2D eigenvalue weighted by Gasteiger charge is 2.27. The van der Waals surface area contributed by atoms with Gasteiger partial charge in [0.25, 0.3) is 0 Å². The van der Waals surface area contributed by atoms with E-state index in [1.807, 2.05) is 6.33 Å². The lowest BCUT2D eigenvalue weighted by Crippen LogP contribution is -2.41. The summed E-state index contributed by atoms with van der Waals surface area (Å²) in [5.41, 5.74) is 1.38. The minimum atomic E-state index is 0.571. The molecular weight excluding hydrogens is 288 g/mol. The fraction of sp³-hybridized carbons (Fsp3) is 0.833. The molecule has 0 aliphatic carbocycles. The van der Waals surface area contributed by atoms with Crippen molar-refractivity contribution in [3.8, 4) is 0 Å². The van der Waals surface area contributed by atoms with E-state index in [2.05, 4.69) is 39.4 Å². The molecule has 130 valence electrons. The molecule has 2 aliphatic rings. The second-order valence-corrected chi connectivity index (χ2v) is 7.01. The first-order valence-corrected chi connectivity index (χ1v) is 9.33. The fourth-order valence-corrected chi connectivity index (χ4v) is 4.00. The van der Waals surface area contributed by atoms with Gasteiger partial charge in [-0.3, -0.25) is 4.90 Å². The smallest absolute Gasteiger partial charge is 0.0951 e. The molecule has 1 fully saturated rings. The number of hydrogen-bond donors (Lipinski definition) is 0. The fourth-order valence-electron chi connectivity index (χ4n) is 4.00. The van der Waals surface area contributed by atoms with Crippen LogP contribution in [0.2, 0.25) is 0 Å². The lowest BCUT2D eigenvalue weighted by molar-refractivity contribution is 0.0447. The number of imidazole rings is 1. The highest BCUT2D eigenvalue weighted by molar-refractivity contribution is 5.04. The molecule has 0 spiro atoms. The van der Waals surface area contributed by atoms with E-state index in [0.717, 1.165) is 38.8 Å². The summed E-state index contributed by atoms with van der Waals surface area (Å²) in [6, 6.07) is 0.571. The molecule has 5 nitrogen and oxygen atoms in total. The summed E-state index contributed by atoms with van der Waals surface area (Å²) in [5, 5.41) is 0. The summed E-state index contributed by atoms with van der Waals surface area (Å²) in [4.78, 5) is 9.58. The Labute approximate surface area is 140 Å². The van der Waals surface area contributed by atoms with E-state index >= 15 is 0 Å². The summed E-state index contributed by atoms with van der Waals surface area (Å²) in [6.45, 7) is 13.3. The van der Waals surface area contributed by atoms with E-state index in [4.69, 9.17) is 4.74 Å². The maximum atomic E-state index is 5.51. The Hall–Kier alpha value is -0.910. The van der Waals surface area contributed by atoms with Crippen LogP contribution in [0.5, 0.6) is 0 Å². The zero-order valence-corrected chi connectivity index (χ0v) is 14.8. The first kappa shape index (κ1) is 16.9. The molecule has 0 N–H and O–H groups in total. The molecule has 0 bridgehead atoms. The zero-order chi connectivity index (χ0) is 16.1. The van der Waals surface area contributed by atoms with Crippen LogP contribution in [0.15, 0.2) is 12.5 Å². The molecule has 5 heteroatoms. The third-order valence-electron chi connectivity index (χ3n) is 5.52. The number of ether oxygens (including phenoxy) is 1. The Balaban J connectivity index is 1.60. The highest BCUT2D eigenvalue weighted by Crippen LogP contribution is 2.26. The zero-order valence-electron chi connectivity index (χ0n) is 14.8. The van der Waals surface area contributed by atoms with Crippen LogP contribution in [0.25, 0.3) is 0 Å². The van der Waals surface area contributed by atoms with E-state index in [9.17, 15) is 0 Å². The van der Waals surface area contributed by atoms with Crippen LogP contribution in [-0.4, -0.2) is 65.3 Å². The van der Waals surface area contributed by atoms with Crippen LogP contribution in [0.1, 0.15) is 44.8 Å². The van der Waals surface area contributed by atoms with Gasteiger partial charge in [-0.1, -0.05) is 13.8 Å². The van der Waals surface area contributed by atoms with Crippen molar-refractivity contribution >= 4 is 0 Å². The monoisotopic (exact) mass is 320 g/mol. The van der Waals surface area contributed by atoms with E-state index in [1.165, 1.54) is 44.6 Å². The minimum absolute atomic E-state index is 0.571. The molecule has 1 atom stereocenters. The highest BCUT2D eigenvalue weighted by atomic mass is 16.5. The maximum absolute atomic E-state index is 5.51. The van der Waals surface area contributed by atoms with Crippen LogP contribution in [-0.2, 0) is 11.3 Å². The average Bonchev–Trinajstić information content (AvgIpc) is 3.05. The van der Waals surface area contributed by atoms with E-state index in [-0.39, 0.29) is 0 Å². The van der Waals surface area contributed by atoms with Gasteiger partial charge in [-0.05, 0) is 38.3 Å². The largest absolute Gasteiger partial charge is 0.381 e. The summed E-state index contributed by atoms with van der Waals surface area (Å²) in [7, 11) is 0. The van der Waals surface area contributed by atoms with Crippen LogP contribution < -0.4 is 0 Å². The Kier molecular flexibility index (Phi) is 6.08. The molecule has 23 heavy (non-hydrogen) atoms. The molecule has 2 aliphatic heterocycles.